The summed E-state index contributed by atoms with van der Waals surface area (Å²) in [5, 5.41) is 1.40. The van der Waals surface area contributed by atoms with E-state index in [0.717, 1.165) is 18.9 Å². The van der Waals surface area contributed by atoms with Crippen molar-refractivity contribution in [2.45, 2.75) is 60.9 Å². The van der Waals surface area contributed by atoms with Crippen LogP contribution in [-0.4, -0.2) is 0 Å². The van der Waals surface area contributed by atoms with Crippen LogP contribution in [0, 0.1) is 26.7 Å². The Bertz CT molecular complexity index is 935. The predicted molar refractivity (Wildman–Crippen MR) is 113 cm³/mol. The quantitative estimate of drug-likeness (QED) is 0.475. The highest BCUT2D eigenvalue weighted by Gasteiger charge is 2.20. The highest BCUT2D eigenvalue weighted by Crippen LogP contribution is 2.28. The van der Waals surface area contributed by atoms with E-state index in [1.54, 1.807) is 0 Å². The summed E-state index contributed by atoms with van der Waals surface area (Å²) in [4.78, 5) is 0. The van der Waals surface area contributed by atoms with Crippen LogP contribution in [0.2, 0.25) is 0 Å². The number of nitrogens with zero attached hydrogens (tertiary/aromatic N) is 1. The first-order valence-corrected chi connectivity index (χ1v) is 9.95. The molecule has 0 atom stereocenters. The number of rotatable bonds is 5. The third-order valence-corrected chi connectivity index (χ3v) is 5.56. The molecule has 0 bridgehead atoms. The third-order valence-electron chi connectivity index (χ3n) is 5.56. The van der Waals surface area contributed by atoms with Gasteiger partial charge < -0.3 is 0 Å². The Kier molecular flexibility index (Phi) is 5.46. The van der Waals surface area contributed by atoms with Crippen LogP contribution in [0.15, 0.2) is 42.5 Å². The molecule has 0 aliphatic heterocycles. The lowest BCUT2D eigenvalue weighted by Gasteiger charge is -2.13. The van der Waals surface area contributed by atoms with Gasteiger partial charge in [-0.15, -0.1) is 0 Å². The van der Waals surface area contributed by atoms with Crippen LogP contribution in [0.25, 0.3) is 22.2 Å². The topological polar surface area (TPSA) is 3.88 Å². The molecular weight excluding hydrogens is 314 g/mol. The molecule has 0 spiro atoms. The maximum Gasteiger partial charge on any atom is 0.213 e. The first-order valence-electron chi connectivity index (χ1n) is 9.95. The molecule has 0 unspecified atom stereocenters. The predicted octanol–water partition coefficient (Wildman–Crippen LogP) is 6.33. The van der Waals surface area contributed by atoms with Crippen molar-refractivity contribution >= 4 is 10.9 Å². The van der Waals surface area contributed by atoms with Crippen LogP contribution in [0.4, 0.5) is 0 Å². The van der Waals surface area contributed by atoms with Gasteiger partial charge >= 0.3 is 0 Å². The molecule has 0 saturated carbocycles. The van der Waals surface area contributed by atoms with Gasteiger partial charge in [0.1, 0.15) is 6.54 Å². The van der Waals surface area contributed by atoms with E-state index >= 15 is 0 Å². The van der Waals surface area contributed by atoms with Gasteiger partial charge in [-0.2, -0.15) is 4.57 Å². The number of aromatic nitrogens is 1. The average Bonchev–Trinajstić information content (AvgIpc) is 2.61. The minimum Gasteiger partial charge on any atom is -0.192 e. The van der Waals surface area contributed by atoms with Gasteiger partial charge in [-0.3, -0.25) is 0 Å². The number of pyridine rings is 1. The summed E-state index contributed by atoms with van der Waals surface area (Å²) in [7, 11) is 0. The SMILES string of the molecule is CC[n+]1c(-c2cc(C)cc(C)c2C)ccc2c(CCC(C)C)cccc21. The van der Waals surface area contributed by atoms with Crippen LogP contribution in [0.1, 0.15) is 49.4 Å². The highest BCUT2D eigenvalue weighted by molar-refractivity contribution is 5.81. The van der Waals surface area contributed by atoms with E-state index in [2.05, 4.69) is 88.6 Å². The molecule has 26 heavy (non-hydrogen) atoms. The molecule has 0 saturated heterocycles. The lowest BCUT2D eigenvalue weighted by Crippen LogP contribution is -2.36. The van der Waals surface area contributed by atoms with Gasteiger partial charge in [-0.1, -0.05) is 37.6 Å². The van der Waals surface area contributed by atoms with Crippen molar-refractivity contribution in [1.82, 2.24) is 0 Å². The number of benzene rings is 2. The first-order chi connectivity index (χ1) is 12.4. The first kappa shape index (κ1) is 18.6. The average molecular weight is 347 g/mol. The van der Waals surface area contributed by atoms with Crippen molar-refractivity contribution in [2.24, 2.45) is 5.92 Å². The third kappa shape index (κ3) is 3.53. The number of aryl methyl sites for hydroxylation is 4. The molecule has 1 aromatic heterocycles. The Morgan fingerprint density at radius 1 is 0.962 bits per heavy atom. The lowest BCUT2D eigenvalue weighted by molar-refractivity contribution is -0.656. The van der Waals surface area contributed by atoms with Crippen molar-refractivity contribution in [3.63, 3.8) is 0 Å². The van der Waals surface area contributed by atoms with Crippen molar-refractivity contribution < 1.29 is 4.57 Å². The number of hydrogen-bond acceptors (Lipinski definition) is 0. The van der Waals surface area contributed by atoms with Crippen molar-refractivity contribution in [3.05, 3.63) is 64.7 Å². The Hall–Kier alpha value is -2.15. The van der Waals surface area contributed by atoms with Gasteiger partial charge in [0.2, 0.25) is 11.2 Å². The van der Waals surface area contributed by atoms with Gasteiger partial charge in [0.05, 0.1) is 0 Å². The molecule has 1 heteroatoms. The molecule has 3 aromatic rings. The monoisotopic (exact) mass is 346 g/mol. The molecule has 0 N–H and O–H groups in total. The van der Waals surface area contributed by atoms with Crippen molar-refractivity contribution in [2.75, 3.05) is 0 Å². The minimum absolute atomic E-state index is 0.737. The Labute approximate surface area is 158 Å². The zero-order valence-electron chi connectivity index (χ0n) is 17.2. The van der Waals surface area contributed by atoms with E-state index in [4.69, 9.17) is 0 Å². The molecule has 0 amide bonds. The summed E-state index contributed by atoms with van der Waals surface area (Å²) in [6.45, 7) is 14.5. The van der Waals surface area contributed by atoms with E-state index in [9.17, 15) is 0 Å². The molecule has 2 aromatic carbocycles. The van der Waals surface area contributed by atoms with Gasteiger partial charge in [0, 0.05) is 23.1 Å². The second-order valence-corrected chi connectivity index (χ2v) is 8.00. The van der Waals surface area contributed by atoms with E-state index in [0.29, 0.717) is 0 Å². The molecular formula is C25H32N+. The zero-order valence-corrected chi connectivity index (χ0v) is 17.2. The summed E-state index contributed by atoms with van der Waals surface area (Å²) >= 11 is 0. The second-order valence-electron chi connectivity index (χ2n) is 8.00. The molecule has 3 rings (SSSR count). The summed E-state index contributed by atoms with van der Waals surface area (Å²) in [5.41, 5.74) is 9.59. The van der Waals surface area contributed by atoms with E-state index in [-0.39, 0.29) is 0 Å². The van der Waals surface area contributed by atoms with E-state index < -0.39 is 0 Å². The largest absolute Gasteiger partial charge is 0.213 e. The molecule has 0 radical (unpaired) electrons. The van der Waals surface area contributed by atoms with Crippen LogP contribution in [-0.2, 0) is 13.0 Å². The Morgan fingerprint density at radius 2 is 1.73 bits per heavy atom. The summed E-state index contributed by atoms with van der Waals surface area (Å²) in [6, 6.07) is 16.1. The smallest absolute Gasteiger partial charge is 0.192 e. The summed E-state index contributed by atoms with van der Waals surface area (Å²) in [5.74, 6) is 0.737. The maximum absolute atomic E-state index is 2.48. The molecule has 0 fully saturated rings. The van der Waals surface area contributed by atoms with Gasteiger partial charge in [0.25, 0.3) is 0 Å². The van der Waals surface area contributed by atoms with E-state index in [1.807, 2.05) is 0 Å². The highest BCUT2D eigenvalue weighted by atomic mass is 15.0. The standard InChI is InChI=1S/C25H32N/c1-7-26-24-10-8-9-21(12-11-17(2)3)22(24)13-14-25(26)23-16-18(4)15-19(5)20(23)6/h8-10,13-17H,7,11-12H2,1-6H3/q+1. The number of fused-ring (bicyclic) bond motifs is 1. The summed E-state index contributed by atoms with van der Waals surface area (Å²) in [6.07, 6.45) is 2.39. The minimum atomic E-state index is 0.737. The normalized spacial score (nSPS) is 11.5. The van der Waals surface area contributed by atoms with Crippen LogP contribution < -0.4 is 4.57 Å². The molecule has 1 heterocycles. The van der Waals surface area contributed by atoms with Crippen molar-refractivity contribution in [1.29, 1.82) is 0 Å². The Balaban J connectivity index is 2.21. The molecule has 0 aliphatic carbocycles. The fourth-order valence-corrected chi connectivity index (χ4v) is 3.95. The van der Waals surface area contributed by atoms with Crippen molar-refractivity contribution in [3.8, 4) is 11.3 Å². The number of hydrogen-bond donors (Lipinski definition) is 0. The fourth-order valence-electron chi connectivity index (χ4n) is 3.95. The molecule has 1 nitrogen and oxygen atoms in total. The van der Waals surface area contributed by atoms with Gasteiger partial charge in [-0.05, 0) is 75.3 Å². The zero-order chi connectivity index (χ0) is 18.8. The second kappa shape index (κ2) is 7.61. The lowest BCUT2D eigenvalue weighted by atomic mass is 9.95. The van der Waals surface area contributed by atoms with Crippen LogP contribution in [0.5, 0.6) is 0 Å². The van der Waals surface area contributed by atoms with Crippen LogP contribution in [0.3, 0.4) is 0 Å². The van der Waals surface area contributed by atoms with E-state index in [1.165, 1.54) is 50.8 Å². The Morgan fingerprint density at radius 3 is 2.42 bits per heavy atom. The van der Waals surface area contributed by atoms with Gasteiger partial charge in [0.15, 0.2) is 0 Å². The summed E-state index contributed by atoms with van der Waals surface area (Å²) < 4.78 is 2.48. The molecule has 136 valence electrons. The van der Waals surface area contributed by atoms with Gasteiger partial charge in [-0.25, -0.2) is 0 Å². The molecule has 0 aliphatic rings. The maximum atomic E-state index is 2.48. The fraction of sp³-hybridized carbons (Fsp3) is 0.400. The van der Waals surface area contributed by atoms with Crippen LogP contribution >= 0.6 is 0 Å².